The number of nitro groups is 1. The van der Waals surface area contributed by atoms with Gasteiger partial charge in [0.15, 0.2) is 11.6 Å². The number of aliphatic hydroxyl groups is 3. The number of imidazole rings is 2. The number of para-hydroxylation sites is 3. The lowest BCUT2D eigenvalue weighted by Crippen LogP contribution is -2.02. The summed E-state index contributed by atoms with van der Waals surface area (Å²) >= 11 is 0. The molecule has 6 heterocycles. The highest BCUT2D eigenvalue weighted by atomic mass is 16.6. The van der Waals surface area contributed by atoms with Crippen molar-refractivity contribution in [3.8, 4) is 51.0 Å². The number of aromatic amines is 3. The van der Waals surface area contributed by atoms with E-state index in [9.17, 15) is 20.3 Å². The van der Waals surface area contributed by atoms with Gasteiger partial charge in [-0.15, -0.1) is 0 Å². The number of ether oxygens (including phenoxy) is 1. The minimum atomic E-state index is -0.532. The van der Waals surface area contributed by atoms with E-state index in [1.807, 2.05) is 102 Å². The molecule has 84 heavy (non-hydrogen) atoms. The molecule has 14 aromatic rings. The molecular formula is C66H56N12O6. The fourth-order valence-corrected chi connectivity index (χ4v) is 10.8. The van der Waals surface area contributed by atoms with Gasteiger partial charge in [-0.05, 0) is 112 Å². The van der Waals surface area contributed by atoms with Crippen molar-refractivity contribution in [2.75, 3.05) is 32.7 Å². The zero-order chi connectivity index (χ0) is 57.7. The average Bonchev–Trinajstić information content (AvgIpc) is 3.07. The van der Waals surface area contributed by atoms with Crippen molar-refractivity contribution < 1.29 is 25.0 Å². The van der Waals surface area contributed by atoms with Gasteiger partial charge in [-0.3, -0.25) is 29.9 Å². The second kappa shape index (κ2) is 23.8. The molecule has 0 fully saturated rings. The van der Waals surface area contributed by atoms with Crippen LogP contribution in [0.2, 0.25) is 0 Å². The first kappa shape index (κ1) is 54.0. The summed E-state index contributed by atoms with van der Waals surface area (Å²) in [5.41, 5.74) is 20.7. The monoisotopic (exact) mass is 1110 g/mol. The number of benzene rings is 8. The molecule has 0 atom stereocenters. The Morgan fingerprint density at radius 2 is 1.12 bits per heavy atom. The summed E-state index contributed by atoms with van der Waals surface area (Å²) in [5, 5.41) is 57.3. The maximum atomic E-state index is 10.4. The number of rotatable bonds is 14. The Hall–Kier alpha value is -10.7. The summed E-state index contributed by atoms with van der Waals surface area (Å²) in [4.78, 5) is 35.5. The highest BCUT2D eigenvalue weighted by molar-refractivity contribution is 6.03. The smallest absolute Gasteiger partial charge is 0.292 e. The normalized spacial score (nSPS) is 11.3. The second-order valence-electron chi connectivity index (χ2n) is 20.1. The maximum absolute atomic E-state index is 10.4. The topological polar surface area (TPSA) is 269 Å². The van der Waals surface area contributed by atoms with Crippen LogP contribution in [0.4, 0.5) is 11.4 Å². The van der Waals surface area contributed by atoms with Crippen LogP contribution >= 0.6 is 0 Å². The summed E-state index contributed by atoms with van der Waals surface area (Å²) in [6.45, 7) is 0.704. The molecule has 0 unspecified atom stereocenters. The third kappa shape index (κ3) is 10.7. The molecule has 14 rings (SSSR count). The van der Waals surface area contributed by atoms with Crippen molar-refractivity contribution >= 4 is 76.8 Å². The minimum Gasteiger partial charge on any atom is -0.497 e. The van der Waals surface area contributed by atoms with Crippen molar-refractivity contribution in [2.45, 2.75) is 25.8 Å². The molecule has 8 aromatic carbocycles. The predicted molar refractivity (Wildman–Crippen MR) is 329 cm³/mol. The van der Waals surface area contributed by atoms with Crippen molar-refractivity contribution in [2.24, 2.45) is 0 Å². The van der Waals surface area contributed by atoms with Gasteiger partial charge in [0.1, 0.15) is 22.8 Å². The number of pyridine rings is 2. The van der Waals surface area contributed by atoms with Crippen LogP contribution in [0, 0.1) is 10.1 Å². The molecule has 0 bridgehead atoms. The highest BCUT2D eigenvalue weighted by Crippen LogP contribution is 2.37. The first-order valence-electron chi connectivity index (χ1n) is 27.3. The molecule has 18 nitrogen and oxygen atoms in total. The molecule has 0 aliphatic heterocycles. The van der Waals surface area contributed by atoms with Crippen LogP contribution in [0.25, 0.3) is 111 Å². The number of nitrogens with zero attached hydrogens (tertiary/aromatic N) is 8. The third-order valence-electron chi connectivity index (χ3n) is 14.9. The number of fused-ring (bicyclic) bond motifs is 6. The number of hydrogen-bond donors (Lipinski definition) is 7. The van der Waals surface area contributed by atoms with E-state index in [2.05, 4.69) is 103 Å². The van der Waals surface area contributed by atoms with Crippen LogP contribution in [-0.4, -0.2) is 97.1 Å². The maximum Gasteiger partial charge on any atom is 0.292 e. The second-order valence-corrected chi connectivity index (χ2v) is 20.1. The summed E-state index contributed by atoms with van der Waals surface area (Å²) < 4.78 is 7.36. The lowest BCUT2D eigenvalue weighted by Gasteiger charge is -2.08. The van der Waals surface area contributed by atoms with Gasteiger partial charge in [-0.25, -0.2) is 9.97 Å². The molecule has 18 heteroatoms. The van der Waals surface area contributed by atoms with E-state index in [-0.39, 0.29) is 31.2 Å². The molecule has 0 saturated carbocycles. The van der Waals surface area contributed by atoms with Crippen LogP contribution in [0.3, 0.4) is 0 Å². The number of aromatic nitrogens is 10. The number of nitro benzene ring substituents is 1. The van der Waals surface area contributed by atoms with Gasteiger partial charge in [0, 0.05) is 83.3 Å². The van der Waals surface area contributed by atoms with E-state index in [0.717, 1.165) is 116 Å². The quantitative estimate of drug-likeness (QED) is 0.0304. The number of aliphatic hydroxyl groups excluding tert-OH is 3. The number of H-pyrrole nitrogens is 3. The van der Waals surface area contributed by atoms with Gasteiger partial charge < -0.3 is 35.8 Å². The van der Waals surface area contributed by atoms with Gasteiger partial charge in [-0.2, -0.15) is 10.2 Å². The van der Waals surface area contributed by atoms with Crippen LogP contribution < -0.4 is 10.5 Å². The Kier molecular flexibility index (Phi) is 15.3. The van der Waals surface area contributed by atoms with Crippen LogP contribution in [0.1, 0.15) is 22.3 Å². The number of nitrogens with one attached hydrogen (secondary N) is 3. The summed E-state index contributed by atoms with van der Waals surface area (Å²) in [6.07, 6.45) is 9.08. The number of anilines is 1. The number of hydrogen-bond acceptors (Lipinski definition) is 13. The van der Waals surface area contributed by atoms with Crippen molar-refractivity contribution in [3.63, 3.8) is 0 Å². The molecule has 8 N–H and O–H groups in total. The van der Waals surface area contributed by atoms with Gasteiger partial charge in [0.2, 0.25) is 0 Å². The molecule has 0 aliphatic carbocycles. The third-order valence-corrected chi connectivity index (χ3v) is 14.9. The first-order chi connectivity index (χ1) is 41.2. The fourth-order valence-electron chi connectivity index (χ4n) is 10.8. The van der Waals surface area contributed by atoms with Gasteiger partial charge in [-0.1, -0.05) is 109 Å². The minimum absolute atomic E-state index is 0.0641. The molecule has 6 aromatic heterocycles. The van der Waals surface area contributed by atoms with Crippen molar-refractivity contribution in [1.82, 2.24) is 49.9 Å². The van der Waals surface area contributed by atoms with E-state index in [4.69, 9.17) is 30.6 Å². The van der Waals surface area contributed by atoms with Crippen LogP contribution in [0.5, 0.6) is 5.75 Å². The average molecular weight is 1110 g/mol. The molecule has 0 aliphatic rings. The summed E-state index contributed by atoms with van der Waals surface area (Å²) in [7, 11) is 1.67. The molecule has 0 amide bonds. The summed E-state index contributed by atoms with van der Waals surface area (Å²) in [5.74, 6) is 2.23. The Labute approximate surface area is 480 Å². The summed E-state index contributed by atoms with van der Waals surface area (Å²) in [6, 6.07) is 53.9. The standard InChI is InChI=1S/C33H27N5O2.C25H19N5O.C8H10N2O3/c1-40-25-12-9-21(10-13-25)20-38-30-14-11-23(28-19-34-18-24-5-2-3-7-26(24)28)17-27(30)32(37-38)33-35-29-8-4-6-22(15-16-39)31(29)36-33;31-11-10-15-5-3-7-22-23(15)28-25(27-22)24-19-12-16(8-9-21(19)29-30-24)20-14-26-13-17-4-1-2-6-18(17)20;9-8-6(4-5-11)2-1-3-7(8)10(12)13/h2-14,17-19,39H,15-16,20H2,1H3,(H,35,36);1-9,12-14,31H,10-11H2,(H,27,28)(H,29,30);1-3,11H,4-5,9H2. The molecule has 416 valence electrons. The predicted octanol–water partition coefficient (Wildman–Crippen LogP) is 12.0. The number of methoxy groups -OCH3 is 1. The van der Waals surface area contributed by atoms with E-state index in [1.54, 1.807) is 19.2 Å². The Balaban J connectivity index is 0.000000139. The molecule has 0 spiro atoms. The van der Waals surface area contributed by atoms with Crippen LogP contribution in [0.15, 0.2) is 189 Å². The SMILES string of the molecule is COc1ccc(Cn2nc(-c3nc4c(CCO)cccc4[nH]3)c3cc(-c4cncc5ccccc45)ccc32)cc1.Nc1c(CCO)cccc1[N+](=O)[O-].OCCc1cccc2[nH]c(-c3n[nH]c4ccc(-c5cncc6ccccc56)cc34)nc12. The largest absolute Gasteiger partial charge is 0.497 e. The Morgan fingerprint density at radius 1 is 0.571 bits per heavy atom. The van der Waals surface area contributed by atoms with E-state index in [1.165, 1.54) is 11.5 Å². The number of nitrogen functional groups attached to an aromatic ring is 1. The molecule has 0 radical (unpaired) electrons. The van der Waals surface area contributed by atoms with Gasteiger partial charge >= 0.3 is 0 Å². The lowest BCUT2D eigenvalue weighted by atomic mass is 9.99. The van der Waals surface area contributed by atoms with Crippen LogP contribution in [-0.2, 0) is 25.8 Å². The van der Waals surface area contributed by atoms with E-state index >= 15 is 0 Å². The highest BCUT2D eigenvalue weighted by Gasteiger charge is 2.21. The molecule has 0 saturated heterocycles. The zero-order valence-corrected chi connectivity index (χ0v) is 45.6. The van der Waals surface area contributed by atoms with Gasteiger partial charge in [0.25, 0.3) is 5.69 Å². The van der Waals surface area contributed by atoms with Crippen molar-refractivity contribution in [1.29, 1.82) is 0 Å². The number of nitrogens with two attached hydrogens (primary N) is 1. The Bertz CT molecular complexity index is 4690. The lowest BCUT2D eigenvalue weighted by molar-refractivity contribution is -0.383. The van der Waals surface area contributed by atoms with Crippen molar-refractivity contribution in [3.05, 3.63) is 221 Å². The first-order valence-corrected chi connectivity index (χ1v) is 27.3. The van der Waals surface area contributed by atoms with Gasteiger partial charge in [0.05, 0.1) is 51.7 Å². The molecular weight excluding hydrogens is 1060 g/mol. The fraction of sp³-hybridized carbons (Fsp3) is 0.121. The van der Waals surface area contributed by atoms with E-state index < -0.39 is 4.92 Å². The zero-order valence-electron chi connectivity index (χ0n) is 45.6. The Morgan fingerprint density at radius 3 is 1.71 bits per heavy atom. The van der Waals surface area contributed by atoms with E-state index in [0.29, 0.717) is 43.0 Å².